The van der Waals surface area contributed by atoms with Crippen LogP contribution in [0.2, 0.25) is 5.02 Å². The summed E-state index contributed by atoms with van der Waals surface area (Å²) in [5.74, 6) is -0.556. The number of Topliss-reactive ketones (excluding diaryl/α,β-unsaturated/α-hetero) is 1. The van der Waals surface area contributed by atoms with Crippen molar-refractivity contribution in [2.75, 3.05) is 11.1 Å². The van der Waals surface area contributed by atoms with Gasteiger partial charge in [-0.2, -0.15) is 5.26 Å². The molecule has 0 unspecified atom stereocenters. The van der Waals surface area contributed by atoms with Gasteiger partial charge in [0, 0.05) is 5.02 Å². The molecule has 0 saturated heterocycles. The summed E-state index contributed by atoms with van der Waals surface area (Å²) in [6, 6.07) is 16.2. The van der Waals surface area contributed by atoms with Gasteiger partial charge in [-0.05, 0) is 67.4 Å². The Kier molecular flexibility index (Phi) is 7.73. The zero-order chi connectivity index (χ0) is 25.8. The van der Waals surface area contributed by atoms with Gasteiger partial charge in [-0.25, -0.2) is 8.42 Å². The number of benzene rings is 2. The number of nitriles is 1. The van der Waals surface area contributed by atoms with Crippen LogP contribution in [-0.4, -0.2) is 30.8 Å². The molecule has 1 amide bonds. The number of anilines is 1. The predicted molar refractivity (Wildman–Crippen MR) is 134 cm³/mol. The Hall–Kier alpha value is -3.54. The molecule has 3 rings (SSSR count). The number of carbonyl (C=O) groups excluding carboxylic acids is 2. The van der Waals surface area contributed by atoms with Crippen LogP contribution in [-0.2, 0) is 26.5 Å². The van der Waals surface area contributed by atoms with E-state index >= 15 is 0 Å². The maximum atomic E-state index is 13.2. The number of carbonyl (C=O) groups is 2. The third-order valence-corrected chi connectivity index (χ3v) is 7.59. The lowest BCUT2D eigenvalue weighted by Gasteiger charge is -2.24. The number of hydrogen-bond donors (Lipinski definition) is 1. The standard InChI is InChI=1S/C26H24ClN3O4S/c1-4-35(33,34)22-8-5-17(6-9-22)13-24(31)30-21-7-10-23(29-16-21)25(32)26(2,3)19-11-18(15-28)12-20(27)14-19/h5-12,14,16H,4,13H2,1-3H3,(H,30,31). The average molecular weight is 510 g/mol. The Bertz CT molecular complexity index is 1410. The minimum Gasteiger partial charge on any atom is -0.324 e. The number of amides is 1. The second-order valence-corrected chi connectivity index (χ2v) is 11.2. The number of pyridine rings is 1. The summed E-state index contributed by atoms with van der Waals surface area (Å²) < 4.78 is 23.8. The van der Waals surface area contributed by atoms with Crippen LogP contribution in [0.25, 0.3) is 0 Å². The minimum atomic E-state index is -3.29. The van der Waals surface area contributed by atoms with Gasteiger partial charge in [-0.1, -0.05) is 30.7 Å². The third-order valence-electron chi connectivity index (χ3n) is 5.62. The smallest absolute Gasteiger partial charge is 0.228 e. The molecule has 0 atom stereocenters. The van der Waals surface area contributed by atoms with E-state index in [2.05, 4.69) is 10.3 Å². The second kappa shape index (κ2) is 10.4. The van der Waals surface area contributed by atoms with Gasteiger partial charge in [-0.3, -0.25) is 14.6 Å². The van der Waals surface area contributed by atoms with Crippen LogP contribution < -0.4 is 5.32 Å². The molecule has 2 aromatic carbocycles. The third kappa shape index (κ3) is 6.13. The van der Waals surface area contributed by atoms with Gasteiger partial charge in [0.2, 0.25) is 5.91 Å². The lowest BCUT2D eigenvalue weighted by Crippen LogP contribution is -2.30. The van der Waals surface area contributed by atoms with E-state index in [1.54, 1.807) is 51.1 Å². The summed E-state index contributed by atoms with van der Waals surface area (Å²) in [5.41, 5.74) is 1.27. The lowest BCUT2D eigenvalue weighted by atomic mass is 9.78. The van der Waals surface area contributed by atoms with Crippen LogP contribution in [0.5, 0.6) is 0 Å². The number of sulfone groups is 1. The fourth-order valence-electron chi connectivity index (χ4n) is 3.44. The highest BCUT2D eigenvalue weighted by molar-refractivity contribution is 7.91. The van der Waals surface area contributed by atoms with E-state index in [0.29, 0.717) is 27.4 Å². The van der Waals surface area contributed by atoms with Crippen LogP contribution in [0, 0.1) is 11.3 Å². The molecule has 0 aliphatic carbocycles. The van der Waals surface area contributed by atoms with Crippen molar-refractivity contribution in [3.63, 3.8) is 0 Å². The van der Waals surface area contributed by atoms with Crippen molar-refractivity contribution >= 4 is 38.8 Å². The SMILES string of the molecule is CCS(=O)(=O)c1ccc(CC(=O)Nc2ccc(C(=O)C(C)(C)c3cc(Cl)cc(C#N)c3)nc2)cc1. The van der Waals surface area contributed by atoms with Crippen LogP contribution in [0.4, 0.5) is 5.69 Å². The highest BCUT2D eigenvalue weighted by Crippen LogP contribution is 2.30. The Labute approximate surface area is 209 Å². The Morgan fingerprint density at radius 3 is 2.34 bits per heavy atom. The summed E-state index contributed by atoms with van der Waals surface area (Å²) in [4.78, 5) is 30.0. The topological polar surface area (TPSA) is 117 Å². The van der Waals surface area contributed by atoms with Crippen molar-refractivity contribution < 1.29 is 18.0 Å². The Morgan fingerprint density at radius 1 is 1.09 bits per heavy atom. The number of aromatic nitrogens is 1. The number of nitrogens with zero attached hydrogens (tertiary/aromatic N) is 2. The highest BCUT2D eigenvalue weighted by atomic mass is 35.5. The van der Waals surface area contributed by atoms with Gasteiger partial charge in [0.25, 0.3) is 0 Å². The first-order valence-electron chi connectivity index (χ1n) is 10.8. The number of rotatable bonds is 8. The molecular weight excluding hydrogens is 486 g/mol. The fourth-order valence-corrected chi connectivity index (χ4v) is 4.56. The molecule has 35 heavy (non-hydrogen) atoms. The minimum absolute atomic E-state index is 0.00944. The van der Waals surface area contributed by atoms with Gasteiger partial charge in [0.15, 0.2) is 15.6 Å². The van der Waals surface area contributed by atoms with Crippen molar-refractivity contribution in [3.05, 3.63) is 88.2 Å². The molecule has 0 radical (unpaired) electrons. The highest BCUT2D eigenvalue weighted by Gasteiger charge is 2.32. The second-order valence-electron chi connectivity index (χ2n) is 8.50. The number of nitrogens with one attached hydrogen (secondary N) is 1. The molecule has 1 N–H and O–H groups in total. The molecule has 0 saturated carbocycles. The zero-order valence-electron chi connectivity index (χ0n) is 19.5. The first-order chi connectivity index (χ1) is 16.5. The van der Waals surface area contributed by atoms with Crippen molar-refractivity contribution in [2.45, 2.75) is 37.5 Å². The molecule has 1 heterocycles. The molecule has 0 aliphatic heterocycles. The van der Waals surface area contributed by atoms with Crippen molar-refractivity contribution in [1.82, 2.24) is 4.98 Å². The predicted octanol–water partition coefficient (Wildman–Crippen LogP) is 4.74. The van der Waals surface area contributed by atoms with E-state index in [-0.39, 0.29) is 34.5 Å². The fraction of sp³-hybridized carbons (Fsp3) is 0.231. The molecule has 0 bridgehead atoms. The normalized spacial score (nSPS) is 11.5. The first kappa shape index (κ1) is 26.1. The van der Waals surface area contributed by atoms with Crippen LogP contribution >= 0.6 is 11.6 Å². The van der Waals surface area contributed by atoms with E-state index in [9.17, 15) is 23.3 Å². The van der Waals surface area contributed by atoms with E-state index in [1.165, 1.54) is 30.5 Å². The maximum absolute atomic E-state index is 13.2. The van der Waals surface area contributed by atoms with Crippen LogP contribution in [0.3, 0.4) is 0 Å². The number of halogens is 1. The van der Waals surface area contributed by atoms with E-state index in [1.807, 2.05) is 6.07 Å². The molecule has 180 valence electrons. The van der Waals surface area contributed by atoms with Crippen LogP contribution in [0.15, 0.2) is 65.7 Å². The monoisotopic (exact) mass is 509 g/mol. The summed E-state index contributed by atoms with van der Waals surface area (Å²) in [7, 11) is -3.29. The van der Waals surface area contributed by atoms with E-state index in [4.69, 9.17) is 11.6 Å². The molecule has 0 aliphatic rings. The van der Waals surface area contributed by atoms with E-state index in [0.717, 1.165) is 0 Å². The largest absolute Gasteiger partial charge is 0.324 e. The van der Waals surface area contributed by atoms with Crippen molar-refractivity contribution in [1.29, 1.82) is 5.26 Å². The Morgan fingerprint density at radius 2 is 1.77 bits per heavy atom. The maximum Gasteiger partial charge on any atom is 0.228 e. The molecule has 7 nitrogen and oxygen atoms in total. The van der Waals surface area contributed by atoms with Gasteiger partial charge < -0.3 is 5.32 Å². The number of ketones is 1. The average Bonchev–Trinajstić information content (AvgIpc) is 2.83. The van der Waals surface area contributed by atoms with E-state index < -0.39 is 15.3 Å². The summed E-state index contributed by atoms with van der Waals surface area (Å²) in [6.45, 7) is 5.04. The summed E-state index contributed by atoms with van der Waals surface area (Å²) in [5, 5.41) is 12.3. The summed E-state index contributed by atoms with van der Waals surface area (Å²) >= 11 is 6.10. The van der Waals surface area contributed by atoms with Gasteiger partial charge in [-0.15, -0.1) is 0 Å². The van der Waals surface area contributed by atoms with Gasteiger partial charge in [0.1, 0.15) is 5.69 Å². The van der Waals surface area contributed by atoms with Gasteiger partial charge >= 0.3 is 0 Å². The van der Waals surface area contributed by atoms with Crippen LogP contribution in [0.1, 0.15) is 48.0 Å². The first-order valence-corrected chi connectivity index (χ1v) is 12.8. The Balaban J connectivity index is 1.68. The quantitative estimate of drug-likeness (QED) is 0.438. The number of hydrogen-bond acceptors (Lipinski definition) is 6. The summed E-state index contributed by atoms with van der Waals surface area (Å²) in [6.07, 6.45) is 1.45. The molecule has 1 aromatic heterocycles. The zero-order valence-corrected chi connectivity index (χ0v) is 21.1. The van der Waals surface area contributed by atoms with Crippen molar-refractivity contribution in [3.8, 4) is 6.07 Å². The molecule has 0 fully saturated rings. The van der Waals surface area contributed by atoms with Crippen molar-refractivity contribution in [2.24, 2.45) is 0 Å². The molecule has 9 heteroatoms. The van der Waals surface area contributed by atoms with Gasteiger partial charge in [0.05, 0.1) is 46.0 Å². The molecule has 3 aromatic rings. The molecule has 0 spiro atoms. The lowest BCUT2D eigenvalue weighted by molar-refractivity contribution is -0.115. The molecular formula is C26H24ClN3O4S.